The van der Waals surface area contributed by atoms with Crippen LogP contribution < -0.4 is 15.0 Å². The van der Waals surface area contributed by atoms with Gasteiger partial charge in [-0.1, -0.05) is 24.0 Å². The molecule has 0 spiro atoms. The van der Waals surface area contributed by atoms with E-state index >= 15 is 0 Å². The summed E-state index contributed by atoms with van der Waals surface area (Å²) < 4.78 is 25.4. The molecule has 0 saturated carbocycles. The SMILES string of the molecule is CN1C(=O)C(NC(=O)n2cc(Cc3ccc(F)cc3)cn2)COc2ccc(C#CC3(O)CCOCC3)cc21. The van der Waals surface area contributed by atoms with Crippen molar-refractivity contribution in [2.75, 3.05) is 31.8 Å². The van der Waals surface area contributed by atoms with Crippen LogP contribution in [0.25, 0.3) is 0 Å². The quantitative estimate of drug-likeness (QED) is 0.517. The van der Waals surface area contributed by atoms with Gasteiger partial charge in [-0.25, -0.2) is 9.18 Å². The van der Waals surface area contributed by atoms with Crippen LogP contribution in [-0.4, -0.2) is 65.3 Å². The average Bonchev–Trinajstić information content (AvgIpc) is 3.35. The lowest BCUT2D eigenvalue weighted by Crippen LogP contribution is -2.50. The Kier molecular flexibility index (Phi) is 7.13. The number of benzene rings is 2. The Bertz CT molecular complexity index is 1400. The normalized spacial score (nSPS) is 18.4. The monoisotopic (exact) mass is 518 g/mol. The van der Waals surface area contributed by atoms with E-state index in [-0.39, 0.29) is 18.3 Å². The second kappa shape index (κ2) is 10.7. The first-order valence-corrected chi connectivity index (χ1v) is 12.3. The second-order valence-corrected chi connectivity index (χ2v) is 9.38. The number of aliphatic hydroxyl groups is 1. The molecule has 0 aliphatic carbocycles. The molecule has 2 aliphatic rings. The van der Waals surface area contributed by atoms with Gasteiger partial charge in [-0.2, -0.15) is 9.78 Å². The molecular formula is C28H27FN4O5. The van der Waals surface area contributed by atoms with Gasteiger partial charge >= 0.3 is 6.03 Å². The Morgan fingerprint density at radius 3 is 2.74 bits per heavy atom. The Morgan fingerprint density at radius 2 is 1.97 bits per heavy atom. The molecule has 5 rings (SSSR count). The molecule has 1 atom stereocenters. The number of hydrogen-bond donors (Lipinski definition) is 2. The van der Waals surface area contributed by atoms with Gasteiger partial charge in [-0.3, -0.25) is 4.79 Å². The van der Waals surface area contributed by atoms with E-state index in [0.29, 0.717) is 49.5 Å². The van der Waals surface area contributed by atoms with Crippen LogP contribution in [0, 0.1) is 17.7 Å². The number of aromatic nitrogens is 2. The molecule has 2 aromatic carbocycles. The molecule has 2 aliphatic heterocycles. The summed E-state index contributed by atoms with van der Waals surface area (Å²) in [6.45, 7) is 0.861. The highest BCUT2D eigenvalue weighted by atomic mass is 19.1. The molecular weight excluding hydrogens is 491 g/mol. The second-order valence-electron chi connectivity index (χ2n) is 9.38. The van der Waals surface area contributed by atoms with Crippen LogP contribution in [0.5, 0.6) is 5.75 Å². The number of likely N-dealkylation sites (N-methyl/N-ethyl adjacent to an activating group) is 1. The van der Waals surface area contributed by atoms with Crippen molar-refractivity contribution in [1.82, 2.24) is 15.1 Å². The summed E-state index contributed by atoms with van der Waals surface area (Å²) in [5.74, 6) is 5.74. The van der Waals surface area contributed by atoms with Gasteiger partial charge in [0.2, 0.25) is 0 Å². The number of carbonyl (C=O) groups is 2. The minimum Gasteiger partial charge on any atom is -0.489 e. The van der Waals surface area contributed by atoms with Gasteiger partial charge in [0.15, 0.2) is 0 Å². The van der Waals surface area contributed by atoms with Crippen molar-refractivity contribution in [2.45, 2.75) is 30.9 Å². The van der Waals surface area contributed by atoms with Crippen molar-refractivity contribution in [2.24, 2.45) is 0 Å². The molecule has 3 aromatic rings. The highest BCUT2D eigenvalue weighted by Gasteiger charge is 2.31. The maximum absolute atomic E-state index is 13.2. The molecule has 10 heteroatoms. The average molecular weight is 519 g/mol. The van der Waals surface area contributed by atoms with Crippen molar-refractivity contribution < 1.29 is 28.6 Å². The number of nitrogens with zero attached hydrogens (tertiary/aromatic N) is 3. The zero-order valence-corrected chi connectivity index (χ0v) is 20.8. The lowest BCUT2D eigenvalue weighted by Gasteiger charge is -2.26. The molecule has 9 nitrogen and oxygen atoms in total. The molecule has 0 radical (unpaired) electrons. The minimum atomic E-state index is -1.09. The number of anilines is 1. The number of carbonyl (C=O) groups excluding carboxylic acids is 2. The number of ether oxygens (including phenoxy) is 2. The van der Waals surface area contributed by atoms with Gasteiger partial charge in [0.1, 0.15) is 29.8 Å². The van der Waals surface area contributed by atoms with Crippen LogP contribution in [0.1, 0.15) is 29.5 Å². The molecule has 1 fully saturated rings. The Hall–Kier alpha value is -4.20. The summed E-state index contributed by atoms with van der Waals surface area (Å²) in [4.78, 5) is 27.5. The molecule has 1 saturated heterocycles. The van der Waals surface area contributed by atoms with E-state index in [0.717, 1.165) is 15.8 Å². The lowest BCUT2D eigenvalue weighted by molar-refractivity contribution is -0.120. The van der Waals surface area contributed by atoms with Gasteiger partial charge in [-0.15, -0.1) is 0 Å². The largest absolute Gasteiger partial charge is 0.489 e. The summed E-state index contributed by atoms with van der Waals surface area (Å²) in [6.07, 6.45) is 4.48. The van der Waals surface area contributed by atoms with Crippen LogP contribution in [0.4, 0.5) is 14.9 Å². The van der Waals surface area contributed by atoms with E-state index < -0.39 is 17.7 Å². The van der Waals surface area contributed by atoms with Gasteiger partial charge in [-0.05, 0) is 41.5 Å². The number of fused-ring (bicyclic) bond motifs is 1. The smallest absolute Gasteiger partial charge is 0.342 e. The number of halogens is 1. The van der Waals surface area contributed by atoms with Gasteiger partial charge < -0.3 is 24.8 Å². The molecule has 2 N–H and O–H groups in total. The van der Waals surface area contributed by atoms with Gasteiger partial charge in [0, 0.05) is 38.1 Å². The molecule has 1 unspecified atom stereocenters. The predicted molar refractivity (Wildman–Crippen MR) is 136 cm³/mol. The maximum Gasteiger partial charge on any atom is 0.342 e. The summed E-state index contributed by atoms with van der Waals surface area (Å²) in [5.41, 5.74) is 1.69. The van der Waals surface area contributed by atoms with Crippen LogP contribution in [0.3, 0.4) is 0 Å². The van der Waals surface area contributed by atoms with Gasteiger partial charge in [0.25, 0.3) is 5.91 Å². The standard InChI is InChI=1S/C28H27FN4O5/c1-32-24-15-20(8-9-28(36)10-12-37-13-11-28)4-7-25(24)38-18-23(26(32)34)31-27(35)33-17-21(16-30-33)14-19-2-5-22(29)6-3-19/h2-7,15-17,23,36H,10-14,18H2,1H3,(H,31,35). The summed E-state index contributed by atoms with van der Waals surface area (Å²) >= 11 is 0. The van der Waals surface area contributed by atoms with Crippen LogP contribution in [0.2, 0.25) is 0 Å². The molecule has 196 valence electrons. The first-order chi connectivity index (χ1) is 18.3. The van der Waals surface area contributed by atoms with Crippen molar-refractivity contribution in [3.63, 3.8) is 0 Å². The van der Waals surface area contributed by atoms with Crippen LogP contribution in [-0.2, 0) is 16.0 Å². The molecule has 3 heterocycles. The lowest BCUT2D eigenvalue weighted by atomic mass is 9.95. The molecule has 2 amide bonds. The fraction of sp³-hybridized carbons (Fsp3) is 0.321. The predicted octanol–water partition coefficient (Wildman–Crippen LogP) is 2.49. The van der Waals surface area contributed by atoms with E-state index in [9.17, 15) is 19.1 Å². The first kappa shape index (κ1) is 25.4. The van der Waals surface area contributed by atoms with Crippen molar-refractivity contribution in [3.05, 3.63) is 77.4 Å². The Morgan fingerprint density at radius 1 is 1.21 bits per heavy atom. The highest BCUT2D eigenvalue weighted by molar-refractivity contribution is 6.00. The number of rotatable bonds is 3. The third kappa shape index (κ3) is 5.69. The topological polar surface area (TPSA) is 106 Å². The minimum absolute atomic E-state index is 0.0591. The maximum atomic E-state index is 13.2. The number of amides is 2. The van der Waals surface area contributed by atoms with Crippen molar-refractivity contribution >= 4 is 17.6 Å². The zero-order chi connectivity index (χ0) is 26.7. The van der Waals surface area contributed by atoms with Crippen LogP contribution >= 0.6 is 0 Å². The number of hydrogen-bond acceptors (Lipinski definition) is 6. The van der Waals surface area contributed by atoms with E-state index in [4.69, 9.17) is 9.47 Å². The summed E-state index contributed by atoms with van der Waals surface area (Å²) in [6, 6.07) is 9.79. The van der Waals surface area contributed by atoms with E-state index in [1.807, 2.05) is 0 Å². The first-order valence-electron chi connectivity index (χ1n) is 12.3. The number of nitrogens with one attached hydrogen (secondary N) is 1. The highest BCUT2D eigenvalue weighted by Crippen LogP contribution is 2.31. The molecule has 38 heavy (non-hydrogen) atoms. The molecule has 0 bridgehead atoms. The fourth-order valence-electron chi connectivity index (χ4n) is 4.32. The van der Waals surface area contributed by atoms with Crippen molar-refractivity contribution in [1.29, 1.82) is 0 Å². The van der Waals surface area contributed by atoms with Crippen molar-refractivity contribution in [3.8, 4) is 17.6 Å². The van der Waals surface area contributed by atoms with E-state index in [2.05, 4.69) is 22.3 Å². The summed E-state index contributed by atoms with van der Waals surface area (Å²) in [5, 5.41) is 17.4. The van der Waals surface area contributed by atoms with Gasteiger partial charge in [0.05, 0.1) is 25.1 Å². The zero-order valence-electron chi connectivity index (χ0n) is 20.8. The third-order valence-corrected chi connectivity index (χ3v) is 6.58. The summed E-state index contributed by atoms with van der Waals surface area (Å²) in [7, 11) is 1.60. The Balaban J connectivity index is 1.25. The Labute approximate surface area is 219 Å². The van der Waals surface area contributed by atoms with E-state index in [1.54, 1.807) is 49.8 Å². The third-order valence-electron chi connectivity index (χ3n) is 6.58. The molecule has 1 aromatic heterocycles. The van der Waals surface area contributed by atoms with Crippen LogP contribution in [0.15, 0.2) is 54.9 Å². The fourth-order valence-corrected chi connectivity index (χ4v) is 4.32. The van der Waals surface area contributed by atoms with E-state index in [1.165, 1.54) is 17.0 Å².